The molecule has 5 atom stereocenters. The molecular weight excluding hydrogens is 380 g/mol. The molecule has 1 aromatic heterocycles. The molecule has 2 rings (SSSR count). The number of azide groups is 1. The first kappa shape index (κ1) is 19.4. The van der Waals surface area contributed by atoms with E-state index < -0.39 is 46.1 Å². The van der Waals surface area contributed by atoms with Gasteiger partial charge in [-0.05, 0) is 12.5 Å². The summed E-state index contributed by atoms with van der Waals surface area (Å²) < 4.78 is 37.2. The molecule has 2 N–H and O–H groups in total. The zero-order valence-corrected chi connectivity index (χ0v) is 14.5. The van der Waals surface area contributed by atoms with Crippen molar-refractivity contribution < 1.29 is 27.6 Å². The molecule has 1 saturated heterocycles. The summed E-state index contributed by atoms with van der Waals surface area (Å²) in [6.45, 7) is 1.14. The van der Waals surface area contributed by atoms with Crippen LogP contribution in [0, 0.1) is 6.92 Å². The highest BCUT2D eigenvalue weighted by Crippen LogP contribution is 2.38. The van der Waals surface area contributed by atoms with Gasteiger partial charge in [0.1, 0.15) is 12.8 Å². The van der Waals surface area contributed by atoms with Crippen molar-refractivity contribution in [2.45, 2.75) is 31.7 Å². The Bertz CT molecular complexity index is 846. The SMILES string of the molecule is Cc1cn(C2CC(N=[N+]=[N-])C(CO[P+](=O)O[P+](=O)O)O2)c(=O)[nH]c1=O. The normalized spacial score (nSPS) is 23.8. The smallest absolute Gasteiger partial charge is 0.352 e. The molecule has 0 bridgehead atoms. The van der Waals surface area contributed by atoms with Gasteiger partial charge in [-0.2, -0.15) is 0 Å². The molecule has 1 aliphatic rings. The predicted octanol–water partition coefficient (Wildman–Crippen LogP) is 1.15. The lowest BCUT2D eigenvalue weighted by molar-refractivity contribution is -0.0226. The fraction of sp³-hybridized carbons (Fsp3) is 0.600. The maximum atomic E-state index is 11.9. The van der Waals surface area contributed by atoms with Crippen molar-refractivity contribution in [3.8, 4) is 0 Å². The minimum atomic E-state index is -3.10. The average Bonchev–Trinajstić information content (AvgIpc) is 2.91. The summed E-state index contributed by atoms with van der Waals surface area (Å²) >= 11 is 0. The third kappa shape index (κ3) is 5.00. The van der Waals surface area contributed by atoms with Crippen LogP contribution in [-0.2, 0) is 22.7 Å². The zero-order chi connectivity index (χ0) is 18.6. The van der Waals surface area contributed by atoms with E-state index in [2.05, 4.69) is 19.3 Å². The third-order valence-electron chi connectivity index (χ3n) is 3.34. The van der Waals surface area contributed by atoms with Gasteiger partial charge in [-0.1, -0.05) is 5.11 Å². The highest BCUT2D eigenvalue weighted by Gasteiger charge is 2.42. The third-order valence-corrected chi connectivity index (χ3v) is 4.79. The number of hydrogen-bond donors (Lipinski definition) is 2. The number of aromatic nitrogens is 2. The molecule has 0 saturated carbocycles. The highest BCUT2D eigenvalue weighted by atomic mass is 31.2. The Morgan fingerprint density at radius 2 is 2.28 bits per heavy atom. The molecule has 0 aliphatic carbocycles. The molecule has 2 heterocycles. The van der Waals surface area contributed by atoms with Gasteiger partial charge in [0.25, 0.3) is 5.56 Å². The Labute approximate surface area is 141 Å². The van der Waals surface area contributed by atoms with E-state index in [0.717, 1.165) is 4.57 Å². The van der Waals surface area contributed by atoms with Crippen LogP contribution < -0.4 is 11.2 Å². The molecular formula is C10H13N5O8P2+2. The molecule has 134 valence electrons. The second-order valence-corrected chi connectivity index (χ2v) is 6.79. The van der Waals surface area contributed by atoms with E-state index in [1.165, 1.54) is 13.1 Å². The average molecular weight is 393 g/mol. The van der Waals surface area contributed by atoms with Crippen LogP contribution in [0.2, 0.25) is 0 Å². The van der Waals surface area contributed by atoms with E-state index in [0.29, 0.717) is 0 Å². The van der Waals surface area contributed by atoms with Crippen LogP contribution in [0.4, 0.5) is 0 Å². The minimum absolute atomic E-state index is 0.107. The van der Waals surface area contributed by atoms with E-state index in [4.69, 9.17) is 19.7 Å². The van der Waals surface area contributed by atoms with Crippen molar-refractivity contribution >= 4 is 16.5 Å². The molecule has 1 aliphatic heterocycles. The van der Waals surface area contributed by atoms with E-state index >= 15 is 0 Å². The Balaban J connectivity index is 2.14. The number of nitrogens with one attached hydrogen (secondary N) is 1. The van der Waals surface area contributed by atoms with Gasteiger partial charge < -0.3 is 4.74 Å². The minimum Gasteiger partial charge on any atom is -0.352 e. The highest BCUT2D eigenvalue weighted by molar-refractivity contribution is 7.47. The summed E-state index contributed by atoms with van der Waals surface area (Å²) in [5.74, 6) is 0. The van der Waals surface area contributed by atoms with Crippen molar-refractivity contribution in [2.75, 3.05) is 6.61 Å². The first-order chi connectivity index (χ1) is 11.8. The van der Waals surface area contributed by atoms with Crippen LogP contribution in [0.1, 0.15) is 18.2 Å². The molecule has 0 spiro atoms. The Morgan fingerprint density at radius 3 is 2.92 bits per heavy atom. The van der Waals surface area contributed by atoms with E-state index in [9.17, 15) is 18.7 Å². The molecule has 0 amide bonds. The Hall–Kier alpha value is -1.97. The lowest BCUT2D eigenvalue weighted by Gasteiger charge is -2.14. The predicted molar refractivity (Wildman–Crippen MR) is 82.0 cm³/mol. The summed E-state index contributed by atoms with van der Waals surface area (Å²) in [6.07, 6.45) is -0.308. The van der Waals surface area contributed by atoms with Gasteiger partial charge in [0.15, 0.2) is 4.31 Å². The second kappa shape index (κ2) is 8.41. The van der Waals surface area contributed by atoms with Gasteiger partial charge in [-0.3, -0.25) is 14.3 Å². The topological polar surface area (TPSA) is 186 Å². The van der Waals surface area contributed by atoms with Gasteiger partial charge in [-0.25, -0.2) is 4.79 Å². The van der Waals surface area contributed by atoms with Crippen LogP contribution in [0.15, 0.2) is 20.9 Å². The molecule has 25 heavy (non-hydrogen) atoms. The van der Waals surface area contributed by atoms with Crippen LogP contribution >= 0.6 is 16.5 Å². The lowest BCUT2D eigenvalue weighted by atomic mass is 10.1. The number of hydrogen-bond acceptors (Lipinski definition) is 8. The maximum Gasteiger partial charge on any atom is 0.747 e. The number of aryl methyl sites for hydroxylation is 1. The van der Waals surface area contributed by atoms with Crippen molar-refractivity contribution in [3.05, 3.63) is 43.0 Å². The second-order valence-electron chi connectivity index (χ2n) is 4.95. The Kier molecular flexibility index (Phi) is 6.51. The van der Waals surface area contributed by atoms with Crippen LogP contribution in [0.25, 0.3) is 10.4 Å². The molecule has 15 heteroatoms. The number of ether oxygens (including phenoxy) is 1. The van der Waals surface area contributed by atoms with E-state index in [-0.39, 0.29) is 18.6 Å². The summed E-state index contributed by atoms with van der Waals surface area (Å²) in [4.78, 5) is 36.6. The summed E-state index contributed by atoms with van der Waals surface area (Å²) in [7, 11) is -5.96. The van der Waals surface area contributed by atoms with Crippen molar-refractivity contribution in [3.63, 3.8) is 0 Å². The van der Waals surface area contributed by atoms with Crippen LogP contribution in [0.3, 0.4) is 0 Å². The zero-order valence-electron chi connectivity index (χ0n) is 12.7. The molecule has 0 radical (unpaired) electrons. The van der Waals surface area contributed by atoms with Crippen molar-refractivity contribution in [1.29, 1.82) is 0 Å². The quantitative estimate of drug-likeness (QED) is 0.299. The lowest BCUT2D eigenvalue weighted by Crippen LogP contribution is -2.33. The van der Waals surface area contributed by atoms with Crippen LogP contribution in [-0.4, -0.2) is 33.2 Å². The molecule has 1 fully saturated rings. The largest absolute Gasteiger partial charge is 0.747 e. The number of H-pyrrole nitrogens is 1. The van der Waals surface area contributed by atoms with E-state index in [1.807, 2.05) is 0 Å². The fourth-order valence-corrected chi connectivity index (χ4v) is 3.15. The standard InChI is InChI=1S/C10H11N5O8P2/c1-5-3-15(10(17)12-9(5)16)8-2-6(13-14-11)7(22-8)4-21-25(20)23-24(18)19/h3,6-8H,2,4H2,1H3/p+2. The first-order valence-corrected chi connectivity index (χ1v) is 9.00. The number of rotatable bonds is 7. The van der Waals surface area contributed by atoms with Crippen LogP contribution in [0.5, 0.6) is 0 Å². The van der Waals surface area contributed by atoms with Gasteiger partial charge in [0.05, 0.1) is 12.1 Å². The maximum absolute atomic E-state index is 11.9. The summed E-state index contributed by atoms with van der Waals surface area (Å²) in [6, 6.07) is -0.750. The monoisotopic (exact) mass is 393 g/mol. The van der Waals surface area contributed by atoms with Gasteiger partial charge in [-0.15, -0.1) is 9.42 Å². The summed E-state index contributed by atoms with van der Waals surface area (Å²) in [5.41, 5.74) is 7.68. The Morgan fingerprint density at radius 1 is 1.56 bits per heavy atom. The molecule has 1 aromatic rings. The summed E-state index contributed by atoms with van der Waals surface area (Å²) in [5, 5.41) is 3.53. The molecule has 13 nitrogen and oxygen atoms in total. The van der Waals surface area contributed by atoms with Crippen molar-refractivity contribution in [2.24, 2.45) is 5.11 Å². The number of nitrogens with zero attached hydrogens (tertiary/aromatic N) is 4. The van der Waals surface area contributed by atoms with Gasteiger partial charge in [0.2, 0.25) is 0 Å². The first-order valence-electron chi connectivity index (χ1n) is 6.78. The fourth-order valence-electron chi connectivity index (χ4n) is 2.24. The molecule has 0 aromatic carbocycles. The molecule has 5 unspecified atom stereocenters. The van der Waals surface area contributed by atoms with Gasteiger partial charge in [0, 0.05) is 32.2 Å². The van der Waals surface area contributed by atoms with Crippen molar-refractivity contribution in [1.82, 2.24) is 9.55 Å². The number of aromatic amines is 1. The van der Waals surface area contributed by atoms with E-state index in [1.54, 1.807) is 0 Å². The van der Waals surface area contributed by atoms with Gasteiger partial charge >= 0.3 is 22.2 Å².